The molecule has 0 radical (unpaired) electrons. The largest absolute Gasteiger partial charge is 0.350 e. The van der Waals surface area contributed by atoms with E-state index in [-0.39, 0.29) is 0 Å². The van der Waals surface area contributed by atoms with Crippen LogP contribution in [0.4, 0.5) is 0 Å². The first kappa shape index (κ1) is 11.2. The van der Waals surface area contributed by atoms with E-state index in [0.29, 0.717) is 16.6 Å². The quantitative estimate of drug-likeness (QED) is 0.652. The van der Waals surface area contributed by atoms with Gasteiger partial charge in [-0.25, -0.2) is 0 Å². The molecule has 0 saturated carbocycles. The topological polar surface area (TPSA) is 26.0 Å². The van der Waals surface area contributed by atoms with Crippen molar-refractivity contribution in [3.63, 3.8) is 0 Å². The Labute approximate surface area is 72.5 Å². The fourth-order valence-corrected chi connectivity index (χ4v) is 6.00. The van der Waals surface area contributed by atoms with E-state index < -0.39 is 8.24 Å². The molecule has 68 valence electrons. The first-order chi connectivity index (χ1) is 4.83. The summed E-state index contributed by atoms with van der Waals surface area (Å²) in [5, 5.41) is 6.47. The third-order valence-corrected chi connectivity index (χ3v) is 9.00. The van der Waals surface area contributed by atoms with E-state index in [1.807, 2.05) is 0 Å². The average Bonchev–Trinajstić information content (AvgIpc) is 1.84. The van der Waals surface area contributed by atoms with Crippen LogP contribution in [0.15, 0.2) is 0 Å². The van der Waals surface area contributed by atoms with Crippen molar-refractivity contribution in [3.05, 3.63) is 0 Å². The van der Waals surface area contributed by atoms with Gasteiger partial charge in [-0.15, -0.1) is 0 Å². The Bertz CT molecular complexity index is 97.0. The molecule has 0 aromatic rings. The maximum atomic E-state index is 6.47. The summed E-state index contributed by atoms with van der Waals surface area (Å²) < 4.78 is 0. The lowest BCUT2D eigenvalue weighted by Crippen LogP contribution is -2.53. The maximum Gasteiger partial charge on any atom is 0.130 e. The second kappa shape index (κ2) is 3.72. The zero-order valence-electron chi connectivity index (χ0n) is 8.81. The fourth-order valence-electron chi connectivity index (χ4n) is 2.00. The van der Waals surface area contributed by atoms with Crippen molar-refractivity contribution in [2.45, 2.75) is 58.2 Å². The minimum atomic E-state index is -1.48. The molecule has 0 aliphatic heterocycles. The lowest BCUT2D eigenvalue weighted by molar-refractivity contribution is 0.809. The highest BCUT2D eigenvalue weighted by Gasteiger charge is 2.38. The summed E-state index contributed by atoms with van der Waals surface area (Å²) in [6, 6.07) is 0. The molecular weight excluding hydrogens is 150 g/mol. The predicted molar refractivity (Wildman–Crippen MR) is 55.2 cm³/mol. The number of hydrogen-bond donors (Lipinski definition) is 1. The summed E-state index contributed by atoms with van der Waals surface area (Å²) in [6.07, 6.45) is 0. The molecular formula is C9H23NSi. The van der Waals surface area contributed by atoms with Crippen LogP contribution in [-0.2, 0) is 0 Å². The van der Waals surface area contributed by atoms with Crippen molar-refractivity contribution in [1.82, 2.24) is 0 Å². The van der Waals surface area contributed by atoms with Gasteiger partial charge in [0.1, 0.15) is 8.24 Å². The van der Waals surface area contributed by atoms with Crippen LogP contribution in [-0.4, -0.2) is 8.24 Å². The summed E-state index contributed by atoms with van der Waals surface area (Å²) in [7, 11) is -1.48. The Morgan fingerprint density at radius 3 is 0.909 bits per heavy atom. The Kier molecular flexibility index (Phi) is 3.78. The van der Waals surface area contributed by atoms with Crippen LogP contribution < -0.4 is 5.40 Å². The summed E-state index contributed by atoms with van der Waals surface area (Å²) in [6.45, 7) is 13.6. The van der Waals surface area contributed by atoms with E-state index in [4.69, 9.17) is 5.40 Å². The second-order valence-electron chi connectivity index (χ2n) is 4.46. The third kappa shape index (κ3) is 2.06. The van der Waals surface area contributed by atoms with Gasteiger partial charge in [0.2, 0.25) is 0 Å². The molecule has 0 aliphatic rings. The van der Waals surface area contributed by atoms with Gasteiger partial charge in [0.25, 0.3) is 0 Å². The average molecular weight is 173 g/mol. The summed E-state index contributed by atoms with van der Waals surface area (Å²) in [5.74, 6) is 0. The van der Waals surface area contributed by atoms with Crippen LogP contribution in [0, 0.1) is 0 Å². The molecule has 0 aromatic carbocycles. The number of nitrogens with two attached hydrogens (primary N) is 1. The predicted octanol–water partition coefficient (Wildman–Crippen LogP) is 3.12. The van der Waals surface area contributed by atoms with Gasteiger partial charge >= 0.3 is 0 Å². The van der Waals surface area contributed by atoms with E-state index in [0.717, 1.165) is 0 Å². The monoisotopic (exact) mass is 173 g/mol. The molecule has 2 heteroatoms. The Balaban J connectivity index is 4.53. The smallest absolute Gasteiger partial charge is 0.130 e. The highest BCUT2D eigenvalue weighted by molar-refractivity contribution is 6.80. The molecule has 0 aromatic heterocycles. The van der Waals surface area contributed by atoms with Gasteiger partial charge in [-0.05, 0) is 16.6 Å². The molecule has 0 saturated heterocycles. The van der Waals surface area contributed by atoms with Crippen LogP contribution in [0.1, 0.15) is 41.5 Å². The molecule has 0 unspecified atom stereocenters. The molecule has 0 spiro atoms. The lowest BCUT2D eigenvalue weighted by atomic mass is 10.5. The van der Waals surface area contributed by atoms with Gasteiger partial charge in [-0.2, -0.15) is 0 Å². The molecule has 0 rings (SSSR count). The van der Waals surface area contributed by atoms with Gasteiger partial charge in [0, 0.05) is 0 Å². The minimum Gasteiger partial charge on any atom is -0.350 e. The van der Waals surface area contributed by atoms with Crippen LogP contribution in [0.5, 0.6) is 0 Å². The second-order valence-corrected chi connectivity index (χ2v) is 9.93. The lowest BCUT2D eigenvalue weighted by Gasteiger charge is -2.38. The third-order valence-electron chi connectivity index (χ3n) is 3.00. The number of rotatable bonds is 3. The minimum absolute atomic E-state index is 0.697. The van der Waals surface area contributed by atoms with Crippen LogP contribution >= 0.6 is 0 Å². The molecule has 1 nitrogen and oxygen atoms in total. The molecule has 0 bridgehead atoms. The summed E-state index contributed by atoms with van der Waals surface area (Å²) in [5.41, 5.74) is 2.09. The molecule has 0 heterocycles. The van der Waals surface area contributed by atoms with E-state index in [1.54, 1.807) is 0 Å². The van der Waals surface area contributed by atoms with Gasteiger partial charge in [-0.3, -0.25) is 0 Å². The fraction of sp³-hybridized carbons (Fsp3) is 1.00. The van der Waals surface area contributed by atoms with Gasteiger partial charge < -0.3 is 5.40 Å². The first-order valence-electron chi connectivity index (χ1n) is 4.62. The molecule has 0 atom stereocenters. The summed E-state index contributed by atoms with van der Waals surface area (Å²) in [4.78, 5) is 0. The molecule has 0 fully saturated rings. The van der Waals surface area contributed by atoms with Crippen molar-refractivity contribution in [2.75, 3.05) is 0 Å². The van der Waals surface area contributed by atoms with Crippen LogP contribution in [0.3, 0.4) is 0 Å². The SMILES string of the molecule is CC(C)[Si](N)(C(C)C)C(C)C. The van der Waals surface area contributed by atoms with E-state index in [1.165, 1.54) is 0 Å². The molecule has 0 aliphatic carbocycles. The highest BCUT2D eigenvalue weighted by atomic mass is 28.3. The standard InChI is InChI=1S/C9H23NSi/c1-7(2)11(10,8(3)4)9(5)6/h7-9H,10H2,1-6H3. The van der Waals surface area contributed by atoms with E-state index in [9.17, 15) is 0 Å². The normalized spacial score (nSPS) is 13.6. The van der Waals surface area contributed by atoms with E-state index in [2.05, 4.69) is 41.5 Å². The first-order valence-corrected chi connectivity index (χ1v) is 6.93. The highest BCUT2D eigenvalue weighted by Crippen LogP contribution is 2.36. The number of hydrogen-bond acceptors (Lipinski definition) is 1. The van der Waals surface area contributed by atoms with Crippen LogP contribution in [0.2, 0.25) is 16.6 Å². The Morgan fingerprint density at radius 2 is 0.909 bits per heavy atom. The zero-order chi connectivity index (χ0) is 9.23. The van der Waals surface area contributed by atoms with Crippen molar-refractivity contribution >= 4 is 8.24 Å². The van der Waals surface area contributed by atoms with Crippen molar-refractivity contribution in [2.24, 2.45) is 5.40 Å². The van der Waals surface area contributed by atoms with E-state index >= 15 is 0 Å². The molecule has 11 heavy (non-hydrogen) atoms. The van der Waals surface area contributed by atoms with Gasteiger partial charge in [-0.1, -0.05) is 41.5 Å². The van der Waals surface area contributed by atoms with Crippen LogP contribution in [0.25, 0.3) is 0 Å². The molecule has 2 N–H and O–H groups in total. The van der Waals surface area contributed by atoms with Crippen molar-refractivity contribution in [3.8, 4) is 0 Å². The zero-order valence-corrected chi connectivity index (χ0v) is 9.81. The molecule has 0 amide bonds. The van der Waals surface area contributed by atoms with Crippen molar-refractivity contribution < 1.29 is 0 Å². The van der Waals surface area contributed by atoms with Crippen molar-refractivity contribution in [1.29, 1.82) is 0 Å². The Morgan fingerprint density at radius 1 is 0.727 bits per heavy atom. The maximum absolute atomic E-state index is 6.47. The van der Waals surface area contributed by atoms with Gasteiger partial charge in [0.15, 0.2) is 0 Å². The summed E-state index contributed by atoms with van der Waals surface area (Å²) >= 11 is 0. The Hall–Kier alpha value is 0.177. The van der Waals surface area contributed by atoms with Gasteiger partial charge in [0.05, 0.1) is 0 Å².